The van der Waals surface area contributed by atoms with E-state index in [0.717, 1.165) is 10.9 Å². The molecule has 0 aliphatic carbocycles. The van der Waals surface area contributed by atoms with Crippen LogP contribution in [0.3, 0.4) is 0 Å². The summed E-state index contributed by atoms with van der Waals surface area (Å²) in [6.45, 7) is -0.151. The van der Waals surface area contributed by atoms with E-state index in [1.54, 1.807) is 5.38 Å². The molecule has 4 rings (SSSR count). The molecule has 2 atom stereocenters. The van der Waals surface area contributed by atoms with Gasteiger partial charge in [0.2, 0.25) is 0 Å². The van der Waals surface area contributed by atoms with Crippen molar-refractivity contribution in [2.75, 3.05) is 6.54 Å². The number of amides is 3. The third-order valence-corrected chi connectivity index (χ3v) is 5.53. The molecule has 0 saturated carbocycles. The Bertz CT molecular complexity index is 1080. The summed E-state index contributed by atoms with van der Waals surface area (Å²) >= 11 is 6.88. The largest absolute Gasteiger partial charge is 0.371 e. The number of hydrogen-bond acceptors (Lipinski definition) is 7. The van der Waals surface area contributed by atoms with Gasteiger partial charge < -0.3 is 21.1 Å². The van der Waals surface area contributed by atoms with Gasteiger partial charge in [0.25, 0.3) is 5.91 Å². The van der Waals surface area contributed by atoms with Crippen LogP contribution >= 0.6 is 22.9 Å². The molecule has 1 saturated heterocycles. The first-order valence-corrected chi connectivity index (χ1v) is 9.47. The molecule has 13 heteroatoms. The zero-order valence-corrected chi connectivity index (χ0v) is 16.0. The zero-order valence-electron chi connectivity index (χ0n) is 14.5. The fourth-order valence-corrected chi connectivity index (χ4v) is 3.73. The monoisotopic (exact) mass is 437 g/mol. The highest BCUT2D eigenvalue weighted by molar-refractivity contribution is 7.09. The number of nitrogens with zero attached hydrogens (tertiary/aromatic N) is 4. The fourth-order valence-electron chi connectivity index (χ4n) is 2.80. The second kappa shape index (κ2) is 7.39. The van der Waals surface area contributed by atoms with Crippen LogP contribution in [0.25, 0.3) is 5.69 Å². The summed E-state index contributed by atoms with van der Waals surface area (Å²) in [6.07, 6.45) is 1.44. The molecular weight excluding hydrogens is 425 g/mol. The van der Waals surface area contributed by atoms with Crippen LogP contribution < -0.4 is 16.0 Å². The Kier molecular flexibility index (Phi) is 4.90. The van der Waals surface area contributed by atoms with Crippen molar-refractivity contribution in [3.8, 4) is 5.69 Å². The summed E-state index contributed by atoms with van der Waals surface area (Å²) in [5, 5.41) is 27.9. The van der Waals surface area contributed by atoms with Crippen molar-refractivity contribution in [1.29, 1.82) is 0 Å². The maximum absolute atomic E-state index is 13.6. The van der Waals surface area contributed by atoms with E-state index >= 15 is 0 Å². The van der Waals surface area contributed by atoms with Crippen LogP contribution in [-0.2, 0) is 5.54 Å². The number of benzene rings is 1. The lowest BCUT2D eigenvalue weighted by Crippen LogP contribution is -2.54. The van der Waals surface area contributed by atoms with E-state index in [4.69, 9.17) is 11.6 Å². The van der Waals surface area contributed by atoms with E-state index in [1.165, 1.54) is 35.9 Å². The predicted molar refractivity (Wildman–Crippen MR) is 100 cm³/mol. The van der Waals surface area contributed by atoms with Crippen molar-refractivity contribution in [3.05, 3.63) is 57.5 Å². The van der Waals surface area contributed by atoms with Crippen LogP contribution in [0.5, 0.6) is 0 Å². The van der Waals surface area contributed by atoms with E-state index in [9.17, 15) is 19.1 Å². The third kappa shape index (κ3) is 3.52. The first-order valence-electron chi connectivity index (χ1n) is 8.22. The van der Waals surface area contributed by atoms with Crippen molar-refractivity contribution in [1.82, 2.24) is 35.9 Å². The number of aliphatic hydroxyl groups is 1. The minimum Gasteiger partial charge on any atom is -0.371 e. The predicted octanol–water partition coefficient (Wildman–Crippen LogP) is 0.773. The molecule has 150 valence electrons. The molecule has 1 aliphatic rings. The van der Waals surface area contributed by atoms with Gasteiger partial charge in [-0.25, -0.2) is 14.2 Å². The molecule has 1 aliphatic heterocycles. The van der Waals surface area contributed by atoms with Gasteiger partial charge in [0.05, 0.1) is 23.5 Å². The van der Waals surface area contributed by atoms with Crippen LogP contribution in [0.4, 0.5) is 9.18 Å². The van der Waals surface area contributed by atoms with Gasteiger partial charge in [-0.3, -0.25) is 4.79 Å². The average molecular weight is 438 g/mol. The van der Waals surface area contributed by atoms with Gasteiger partial charge in [-0.2, -0.15) is 9.90 Å². The van der Waals surface area contributed by atoms with Gasteiger partial charge in [-0.05, 0) is 12.1 Å². The molecule has 0 radical (unpaired) electrons. The zero-order chi connectivity index (χ0) is 20.6. The van der Waals surface area contributed by atoms with E-state index in [2.05, 4.69) is 31.1 Å². The van der Waals surface area contributed by atoms with Crippen LogP contribution in [0, 0.1) is 5.82 Å². The first-order chi connectivity index (χ1) is 13.9. The summed E-state index contributed by atoms with van der Waals surface area (Å²) in [5.41, 5.74) is -1.08. The lowest BCUT2D eigenvalue weighted by atomic mass is 9.99. The van der Waals surface area contributed by atoms with Gasteiger partial charge in [-0.1, -0.05) is 11.6 Å². The maximum atomic E-state index is 13.6. The molecule has 2 aromatic heterocycles. The Morgan fingerprint density at radius 2 is 2.31 bits per heavy atom. The lowest BCUT2D eigenvalue weighted by molar-refractivity contribution is 0.0725. The summed E-state index contributed by atoms with van der Waals surface area (Å²) < 4.78 is 13.6. The maximum Gasteiger partial charge on any atom is 0.317 e. The van der Waals surface area contributed by atoms with Crippen molar-refractivity contribution >= 4 is 34.9 Å². The van der Waals surface area contributed by atoms with Gasteiger partial charge >= 0.3 is 6.03 Å². The number of urea groups is 1. The van der Waals surface area contributed by atoms with Crippen LogP contribution in [0.15, 0.2) is 36.0 Å². The van der Waals surface area contributed by atoms with Gasteiger partial charge in [0.15, 0.2) is 17.5 Å². The van der Waals surface area contributed by atoms with E-state index < -0.39 is 29.5 Å². The highest BCUT2D eigenvalue weighted by atomic mass is 35.5. The number of aliphatic hydroxyl groups excluding tert-OH is 1. The molecule has 0 bridgehead atoms. The Hall–Kier alpha value is -3.09. The second-order valence-corrected chi connectivity index (χ2v) is 7.41. The topological polar surface area (TPSA) is 134 Å². The van der Waals surface area contributed by atoms with E-state index in [0.29, 0.717) is 5.01 Å². The molecular formula is C16H13ClFN7O3S. The van der Waals surface area contributed by atoms with Crippen molar-refractivity contribution in [2.45, 2.75) is 11.8 Å². The standard InChI is InChI=1S/C16H13ClFN7O3S/c17-9-2-1-8(5-10(9)18)25-21-6-11(24-25)12(26)20-7-16(14-19-3-4-29-14)13(27)22-15(28)23-16/h1-6,13,27H,7H2,(H,20,26)(H2,22,23,28). The van der Waals surface area contributed by atoms with Gasteiger partial charge in [0, 0.05) is 17.6 Å². The minimum atomic E-state index is -1.32. The molecule has 10 nitrogen and oxygen atoms in total. The second-order valence-electron chi connectivity index (χ2n) is 6.11. The normalized spacial score (nSPS) is 20.9. The molecule has 3 heterocycles. The molecule has 1 fully saturated rings. The van der Waals surface area contributed by atoms with Crippen LogP contribution in [0.2, 0.25) is 5.02 Å². The molecule has 3 aromatic rings. The number of carbonyl (C=O) groups is 2. The van der Waals surface area contributed by atoms with Crippen LogP contribution in [-0.4, -0.2) is 49.8 Å². The van der Waals surface area contributed by atoms with Crippen molar-refractivity contribution in [3.63, 3.8) is 0 Å². The summed E-state index contributed by atoms with van der Waals surface area (Å²) in [7, 11) is 0. The number of thiazole rings is 1. The molecule has 29 heavy (non-hydrogen) atoms. The number of halogens is 2. The smallest absolute Gasteiger partial charge is 0.317 e. The quantitative estimate of drug-likeness (QED) is 0.466. The number of carbonyl (C=O) groups excluding carboxylic acids is 2. The third-order valence-electron chi connectivity index (χ3n) is 4.27. The fraction of sp³-hybridized carbons (Fsp3) is 0.188. The summed E-state index contributed by atoms with van der Waals surface area (Å²) in [6, 6.07) is 3.40. The highest BCUT2D eigenvalue weighted by Crippen LogP contribution is 2.29. The molecule has 4 N–H and O–H groups in total. The lowest BCUT2D eigenvalue weighted by Gasteiger charge is -2.29. The Balaban J connectivity index is 1.51. The Labute approximate surface area is 171 Å². The number of aromatic nitrogens is 4. The Morgan fingerprint density at radius 1 is 1.48 bits per heavy atom. The molecule has 1 aromatic carbocycles. The summed E-state index contributed by atoms with van der Waals surface area (Å²) in [5.74, 6) is -1.24. The SMILES string of the molecule is O=C1NC(O)C(CNC(=O)c2cnn(-c3ccc(Cl)c(F)c3)n2)(c2nccs2)N1. The summed E-state index contributed by atoms with van der Waals surface area (Å²) in [4.78, 5) is 29.4. The van der Waals surface area contributed by atoms with Crippen molar-refractivity contribution < 1.29 is 19.1 Å². The van der Waals surface area contributed by atoms with E-state index in [-0.39, 0.29) is 22.9 Å². The van der Waals surface area contributed by atoms with Gasteiger partial charge in [-0.15, -0.1) is 16.4 Å². The van der Waals surface area contributed by atoms with Gasteiger partial charge in [0.1, 0.15) is 10.8 Å². The van der Waals surface area contributed by atoms with Crippen LogP contribution in [0.1, 0.15) is 15.5 Å². The highest BCUT2D eigenvalue weighted by Gasteiger charge is 2.49. The number of hydrogen-bond donors (Lipinski definition) is 4. The number of rotatable bonds is 5. The average Bonchev–Trinajstić information content (AvgIpc) is 3.43. The number of nitrogens with one attached hydrogen (secondary N) is 3. The first kappa shape index (κ1) is 19.2. The molecule has 2 unspecified atom stereocenters. The molecule has 0 spiro atoms. The van der Waals surface area contributed by atoms with Crippen molar-refractivity contribution in [2.24, 2.45) is 0 Å². The molecule has 3 amide bonds. The van der Waals surface area contributed by atoms with E-state index in [1.807, 2.05) is 0 Å². The minimum absolute atomic E-state index is 0.0404. The Morgan fingerprint density at radius 3 is 2.97 bits per heavy atom.